The van der Waals surface area contributed by atoms with Crippen LogP contribution in [0.1, 0.15) is 25.8 Å². The first-order valence-corrected chi connectivity index (χ1v) is 5.35. The van der Waals surface area contributed by atoms with E-state index >= 15 is 0 Å². The fourth-order valence-electron chi connectivity index (χ4n) is 1.97. The lowest BCUT2D eigenvalue weighted by atomic mass is 10.00. The number of benzene rings is 1. The number of rotatable bonds is 1. The molecule has 0 radical (unpaired) electrons. The first-order valence-electron chi connectivity index (χ1n) is 5.35. The van der Waals surface area contributed by atoms with Gasteiger partial charge in [0.1, 0.15) is 0 Å². The Labute approximate surface area is 85.8 Å². The predicted octanol–water partition coefficient (Wildman–Crippen LogP) is 3.54. The number of fused-ring (bicyclic) bond motifs is 1. The van der Waals surface area contributed by atoms with Crippen molar-refractivity contribution in [2.24, 2.45) is 5.92 Å². The average Bonchev–Trinajstić information content (AvgIpc) is 2.38. The van der Waals surface area contributed by atoms with Crippen LogP contribution in [0.2, 0.25) is 0 Å². The van der Waals surface area contributed by atoms with E-state index in [9.17, 15) is 0 Å². The van der Waals surface area contributed by atoms with Gasteiger partial charge in [0.25, 0.3) is 0 Å². The van der Waals surface area contributed by atoms with Gasteiger partial charge in [0.15, 0.2) is 0 Å². The summed E-state index contributed by atoms with van der Waals surface area (Å²) in [6.07, 6.45) is 5.69. The summed E-state index contributed by atoms with van der Waals surface area (Å²) in [4.78, 5) is 0. The molecule has 74 valence electrons. The van der Waals surface area contributed by atoms with Crippen LogP contribution in [-0.4, -0.2) is 6.04 Å². The maximum atomic E-state index is 3.60. The van der Waals surface area contributed by atoms with Crippen molar-refractivity contribution in [1.29, 1.82) is 0 Å². The van der Waals surface area contributed by atoms with Gasteiger partial charge in [-0.3, -0.25) is 0 Å². The molecule has 0 saturated heterocycles. The molecule has 0 fully saturated rings. The highest BCUT2D eigenvalue weighted by Crippen LogP contribution is 2.25. The van der Waals surface area contributed by atoms with Crippen molar-refractivity contribution in [3.8, 4) is 0 Å². The number of anilines is 1. The molecule has 2 rings (SSSR count). The molecule has 1 nitrogen and oxygen atoms in total. The van der Waals surface area contributed by atoms with Crippen molar-refractivity contribution in [3.05, 3.63) is 35.9 Å². The molecule has 0 amide bonds. The van der Waals surface area contributed by atoms with Gasteiger partial charge < -0.3 is 5.32 Å². The van der Waals surface area contributed by atoms with E-state index in [1.165, 1.54) is 17.7 Å². The second kappa shape index (κ2) is 3.87. The smallest absolute Gasteiger partial charge is 0.0416 e. The van der Waals surface area contributed by atoms with E-state index in [4.69, 9.17) is 0 Å². The third-order valence-corrected chi connectivity index (χ3v) is 2.96. The molecule has 1 heteroatoms. The lowest BCUT2D eigenvalue weighted by Crippen LogP contribution is -2.24. The predicted molar refractivity (Wildman–Crippen MR) is 62.3 cm³/mol. The molecule has 1 aromatic carbocycles. The Morgan fingerprint density at radius 2 is 2.07 bits per heavy atom. The van der Waals surface area contributed by atoms with E-state index in [0.717, 1.165) is 0 Å². The largest absolute Gasteiger partial charge is 0.381 e. The maximum Gasteiger partial charge on any atom is 0.0416 e. The van der Waals surface area contributed by atoms with Gasteiger partial charge in [-0.25, -0.2) is 0 Å². The van der Waals surface area contributed by atoms with Gasteiger partial charge in [-0.1, -0.05) is 44.2 Å². The lowest BCUT2D eigenvalue weighted by Gasteiger charge is -2.21. The number of nitrogens with one attached hydrogen (secondary N) is 1. The Morgan fingerprint density at radius 1 is 1.29 bits per heavy atom. The molecular formula is C13H17N. The Kier molecular flexibility index (Phi) is 2.58. The Bertz CT molecular complexity index is 341. The molecule has 0 aliphatic carbocycles. The zero-order chi connectivity index (χ0) is 9.97. The van der Waals surface area contributed by atoms with Crippen molar-refractivity contribution < 1.29 is 0 Å². The summed E-state index contributed by atoms with van der Waals surface area (Å²) in [5.41, 5.74) is 2.57. The lowest BCUT2D eigenvalue weighted by molar-refractivity contribution is 0.562. The Balaban J connectivity index is 2.35. The van der Waals surface area contributed by atoms with Crippen LogP contribution >= 0.6 is 0 Å². The second-order valence-corrected chi connectivity index (χ2v) is 3.96. The Hall–Kier alpha value is -1.24. The van der Waals surface area contributed by atoms with Gasteiger partial charge in [0.05, 0.1) is 0 Å². The van der Waals surface area contributed by atoms with Gasteiger partial charge >= 0.3 is 0 Å². The number of hydrogen-bond donors (Lipinski definition) is 1. The van der Waals surface area contributed by atoms with Crippen LogP contribution in [0.5, 0.6) is 0 Å². The average molecular weight is 187 g/mol. The molecule has 0 spiro atoms. The first-order chi connectivity index (χ1) is 6.81. The van der Waals surface area contributed by atoms with Gasteiger partial charge in [-0.15, -0.1) is 0 Å². The summed E-state index contributed by atoms with van der Waals surface area (Å²) in [6, 6.07) is 9.05. The molecular weight excluding hydrogens is 170 g/mol. The molecule has 0 bridgehead atoms. The fraction of sp³-hybridized carbons (Fsp3) is 0.385. The number of hydrogen-bond acceptors (Lipinski definition) is 1. The van der Waals surface area contributed by atoms with Crippen LogP contribution in [0.15, 0.2) is 30.3 Å². The molecule has 1 aliphatic rings. The van der Waals surface area contributed by atoms with Crippen LogP contribution in [0.3, 0.4) is 0 Å². The van der Waals surface area contributed by atoms with Gasteiger partial charge in [-0.2, -0.15) is 0 Å². The van der Waals surface area contributed by atoms with E-state index in [2.05, 4.69) is 55.6 Å². The summed E-state index contributed by atoms with van der Waals surface area (Å²) < 4.78 is 0. The van der Waals surface area contributed by atoms with Crippen LogP contribution in [0, 0.1) is 5.92 Å². The van der Waals surface area contributed by atoms with Gasteiger partial charge in [0, 0.05) is 11.7 Å². The molecule has 1 heterocycles. The minimum atomic E-state index is 0.565. The molecule has 1 N–H and O–H groups in total. The molecule has 0 saturated carbocycles. The van der Waals surface area contributed by atoms with E-state index < -0.39 is 0 Å². The monoisotopic (exact) mass is 187 g/mol. The highest BCUT2D eigenvalue weighted by atomic mass is 14.9. The zero-order valence-corrected chi connectivity index (χ0v) is 8.83. The van der Waals surface area contributed by atoms with E-state index in [1.54, 1.807) is 0 Å². The topological polar surface area (TPSA) is 12.0 Å². The zero-order valence-electron chi connectivity index (χ0n) is 8.83. The second-order valence-electron chi connectivity index (χ2n) is 3.96. The third-order valence-electron chi connectivity index (χ3n) is 2.96. The van der Waals surface area contributed by atoms with Crippen LogP contribution in [-0.2, 0) is 0 Å². The summed E-state index contributed by atoms with van der Waals surface area (Å²) in [5.74, 6) is 0.604. The minimum absolute atomic E-state index is 0.565. The van der Waals surface area contributed by atoms with E-state index in [0.29, 0.717) is 12.0 Å². The van der Waals surface area contributed by atoms with Gasteiger partial charge in [0.2, 0.25) is 0 Å². The maximum absolute atomic E-state index is 3.60. The number of para-hydroxylation sites is 1. The first kappa shape index (κ1) is 9.32. The fourth-order valence-corrected chi connectivity index (χ4v) is 1.97. The van der Waals surface area contributed by atoms with Crippen LogP contribution in [0.25, 0.3) is 6.08 Å². The van der Waals surface area contributed by atoms with Crippen molar-refractivity contribution in [1.82, 2.24) is 0 Å². The standard InChI is InChI=1S/C13H17N/c1-3-12-10(2)8-9-11-6-4-5-7-13(11)14-12/h4-10,12,14H,3H2,1-2H3/t10-,12-/m1/s1. The third kappa shape index (κ3) is 1.67. The quantitative estimate of drug-likeness (QED) is 0.709. The summed E-state index contributed by atoms with van der Waals surface area (Å²) in [5, 5.41) is 3.60. The van der Waals surface area contributed by atoms with Crippen molar-refractivity contribution in [3.63, 3.8) is 0 Å². The van der Waals surface area contributed by atoms with E-state index in [-0.39, 0.29) is 0 Å². The molecule has 14 heavy (non-hydrogen) atoms. The van der Waals surface area contributed by atoms with Crippen molar-refractivity contribution >= 4 is 11.8 Å². The molecule has 1 aliphatic heterocycles. The Morgan fingerprint density at radius 3 is 2.86 bits per heavy atom. The van der Waals surface area contributed by atoms with Crippen LogP contribution < -0.4 is 5.32 Å². The van der Waals surface area contributed by atoms with Crippen molar-refractivity contribution in [2.75, 3.05) is 5.32 Å². The SMILES string of the molecule is CC[C@H]1Nc2ccccc2C=C[C@H]1C. The van der Waals surface area contributed by atoms with Crippen LogP contribution in [0.4, 0.5) is 5.69 Å². The minimum Gasteiger partial charge on any atom is -0.381 e. The molecule has 0 unspecified atom stereocenters. The normalized spacial score (nSPS) is 25.0. The molecule has 1 aromatic rings. The summed E-state index contributed by atoms with van der Waals surface area (Å²) >= 11 is 0. The highest BCUT2D eigenvalue weighted by molar-refractivity contribution is 5.68. The summed E-state index contributed by atoms with van der Waals surface area (Å²) in [6.45, 7) is 4.50. The molecule has 0 aromatic heterocycles. The summed E-state index contributed by atoms with van der Waals surface area (Å²) in [7, 11) is 0. The molecule has 2 atom stereocenters. The van der Waals surface area contributed by atoms with Gasteiger partial charge in [-0.05, 0) is 24.0 Å². The van der Waals surface area contributed by atoms with Crippen molar-refractivity contribution in [2.45, 2.75) is 26.3 Å². The van der Waals surface area contributed by atoms with E-state index in [1.807, 2.05) is 0 Å². The highest BCUT2D eigenvalue weighted by Gasteiger charge is 2.16.